The summed E-state index contributed by atoms with van der Waals surface area (Å²) in [5.74, 6) is -0.787. The lowest BCUT2D eigenvalue weighted by molar-refractivity contribution is 0.0483. The Balaban J connectivity index is 0.000000586. The Hall–Kier alpha value is -5.52. The maximum absolute atomic E-state index is 12.1. The molecule has 0 aliphatic rings. The van der Waals surface area contributed by atoms with Crippen LogP contribution < -0.4 is 0 Å². The number of aromatic carboxylic acids is 2. The summed E-state index contributed by atoms with van der Waals surface area (Å²) in [4.78, 5) is 69.3. The summed E-state index contributed by atoms with van der Waals surface area (Å²) in [7, 11) is 0. The number of carbonyl (C=O) groups excluding carboxylic acids is 4. The molecule has 0 amide bonds. The zero-order valence-electron chi connectivity index (χ0n) is 45.2. The number of benzene rings is 3. The van der Waals surface area contributed by atoms with E-state index in [0.717, 1.165) is 75.0 Å². The lowest BCUT2D eigenvalue weighted by Crippen LogP contribution is -2.09. The number of ether oxygens (including phenoxy) is 4. The van der Waals surface area contributed by atoms with Gasteiger partial charge in [-0.2, -0.15) is 0 Å². The minimum Gasteiger partial charge on any atom is -0.478 e. The molecule has 0 radical (unpaired) electrons. The van der Waals surface area contributed by atoms with Crippen LogP contribution >= 0.6 is 0 Å². The third kappa shape index (κ3) is 32.5. The van der Waals surface area contributed by atoms with E-state index in [2.05, 4.69) is 55.4 Å². The Morgan fingerprint density at radius 2 is 0.514 bits per heavy atom. The van der Waals surface area contributed by atoms with E-state index in [1.165, 1.54) is 101 Å². The first-order chi connectivity index (χ1) is 34.4. The van der Waals surface area contributed by atoms with Gasteiger partial charge in [0.05, 0.1) is 59.8 Å². The standard InChI is InChI=1S/2C26H42O4.C8H6O4/c2*1-21(2)13-9-5-7-11-19-29-25(27)23-15-17-24(18-16-23)26(28)30-20-12-8-6-10-14-22(3)4;9-7(10)5-3-1-2-4-6(5)8(11)12/h2*15-18,21-22H,5-14,19-20H2,1-4H3;1-4H,(H,9,10)(H,11,12). The third-order valence-corrected chi connectivity index (χ3v) is 11.7. The van der Waals surface area contributed by atoms with Crippen LogP contribution in [0.1, 0.15) is 246 Å². The van der Waals surface area contributed by atoms with Gasteiger partial charge in [0.15, 0.2) is 0 Å². The summed E-state index contributed by atoms with van der Waals surface area (Å²) >= 11 is 0. The van der Waals surface area contributed by atoms with Crippen LogP contribution in [0.4, 0.5) is 0 Å². The van der Waals surface area contributed by atoms with Crippen LogP contribution in [0.15, 0.2) is 72.8 Å². The molecule has 0 bridgehead atoms. The highest BCUT2D eigenvalue weighted by Crippen LogP contribution is 2.16. The van der Waals surface area contributed by atoms with Gasteiger partial charge in [0.1, 0.15) is 0 Å². The maximum atomic E-state index is 12.1. The van der Waals surface area contributed by atoms with Gasteiger partial charge in [-0.25, -0.2) is 28.8 Å². The summed E-state index contributed by atoms with van der Waals surface area (Å²) < 4.78 is 21.3. The molecule has 3 rings (SSSR count). The Morgan fingerprint density at radius 3 is 0.694 bits per heavy atom. The predicted octanol–water partition coefficient (Wildman–Crippen LogP) is 15.5. The fourth-order valence-electron chi connectivity index (χ4n) is 7.37. The number of hydrogen-bond acceptors (Lipinski definition) is 10. The SMILES string of the molecule is CC(C)CCCCCCOC(=O)c1ccc(C(=O)OCCCCCCC(C)C)cc1.CC(C)CCCCCCOC(=O)c1ccc(C(=O)OCCCCCCC(C)C)cc1.O=C(O)c1ccccc1C(=O)O. The summed E-state index contributed by atoms with van der Waals surface area (Å²) in [6.07, 6.45) is 22.6. The average molecular weight is 1000 g/mol. The number of esters is 4. The average Bonchev–Trinajstić information content (AvgIpc) is 3.35. The highest BCUT2D eigenvalue weighted by molar-refractivity contribution is 6.01. The van der Waals surface area contributed by atoms with Crippen molar-refractivity contribution in [1.82, 2.24) is 0 Å². The van der Waals surface area contributed by atoms with Gasteiger partial charge in [-0.15, -0.1) is 0 Å². The van der Waals surface area contributed by atoms with Crippen molar-refractivity contribution in [3.8, 4) is 0 Å². The van der Waals surface area contributed by atoms with Gasteiger partial charge in [-0.3, -0.25) is 0 Å². The van der Waals surface area contributed by atoms with E-state index in [1.54, 1.807) is 48.5 Å². The van der Waals surface area contributed by atoms with E-state index in [4.69, 9.17) is 29.2 Å². The Bertz CT molecular complexity index is 1700. The van der Waals surface area contributed by atoms with Crippen molar-refractivity contribution in [2.24, 2.45) is 23.7 Å². The van der Waals surface area contributed by atoms with Crippen LogP contribution in [-0.4, -0.2) is 72.5 Å². The van der Waals surface area contributed by atoms with Gasteiger partial charge in [0, 0.05) is 0 Å². The second-order valence-electron chi connectivity index (χ2n) is 20.2. The van der Waals surface area contributed by atoms with Crippen molar-refractivity contribution in [2.45, 2.75) is 184 Å². The summed E-state index contributed by atoms with van der Waals surface area (Å²) in [6, 6.07) is 18.5. The molecule has 3 aromatic rings. The molecule has 0 aliphatic carbocycles. The van der Waals surface area contributed by atoms with Crippen LogP contribution in [0.2, 0.25) is 0 Å². The Labute approximate surface area is 432 Å². The second kappa shape index (κ2) is 40.0. The lowest BCUT2D eigenvalue weighted by atomic mass is 10.0. The molecule has 0 unspecified atom stereocenters. The molecule has 402 valence electrons. The number of carboxylic acids is 2. The predicted molar refractivity (Wildman–Crippen MR) is 286 cm³/mol. The molecule has 0 atom stereocenters. The van der Waals surface area contributed by atoms with Crippen molar-refractivity contribution in [2.75, 3.05) is 26.4 Å². The first-order valence-electron chi connectivity index (χ1n) is 26.9. The van der Waals surface area contributed by atoms with Crippen molar-refractivity contribution in [3.05, 3.63) is 106 Å². The van der Waals surface area contributed by atoms with Crippen LogP contribution in [-0.2, 0) is 18.9 Å². The van der Waals surface area contributed by atoms with Crippen LogP contribution in [0.25, 0.3) is 0 Å². The molecule has 0 saturated carbocycles. The molecule has 3 aromatic carbocycles. The first kappa shape index (κ1) is 64.5. The van der Waals surface area contributed by atoms with Crippen molar-refractivity contribution >= 4 is 35.8 Å². The van der Waals surface area contributed by atoms with Crippen LogP contribution in [0.3, 0.4) is 0 Å². The number of hydrogen-bond donors (Lipinski definition) is 2. The Morgan fingerprint density at radius 1 is 0.319 bits per heavy atom. The molecule has 0 saturated heterocycles. The highest BCUT2D eigenvalue weighted by Gasteiger charge is 2.15. The number of rotatable bonds is 34. The van der Waals surface area contributed by atoms with E-state index < -0.39 is 11.9 Å². The molecule has 12 nitrogen and oxygen atoms in total. The van der Waals surface area contributed by atoms with E-state index in [1.807, 2.05) is 0 Å². The fraction of sp³-hybridized carbons (Fsp3) is 0.600. The van der Waals surface area contributed by atoms with E-state index in [-0.39, 0.29) is 35.0 Å². The molecule has 72 heavy (non-hydrogen) atoms. The molecule has 2 N–H and O–H groups in total. The molecule has 0 heterocycles. The fourth-order valence-corrected chi connectivity index (χ4v) is 7.37. The minimum atomic E-state index is -1.23. The molecular formula is C60H90O12. The van der Waals surface area contributed by atoms with Crippen LogP contribution in [0, 0.1) is 23.7 Å². The third-order valence-electron chi connectivity index (χ3n) is 11.7. The number of unbranched alkanes of at least 4 members (excludes halogenated alkanes) is 12. The molecule has 0 aromatic heterocycles. The summed E-state index contributed by atoms with van der Waals surface area (Å²) in [6.45, 7) is 19.7. The largest absolute Gasteiger partial charge is 0.478 e. The molecule has 0 aliphatic heterocycles. The Kier molecular flexibility index (Phi) is 35.8. The summed E-state index contributed by atoms with van der Waals surface area (Å²) in [5.41, 5.74) is 1.50. The number of carboxylic acid groups (broad SMARTS) is 2. The van der Waals surface area contributed by atoms with Gasteiger partial charge in [-0.05, 0) is 110 Å². The van der Waals surface area contributed by atoms with Crippen molar-refractivity contribution < 1.29 is 57.9 Å². The van der Waals surface area contributed by atoms with Crippen molar-refractivity contribution in [1.29, 1.82) is 0 Å². The van der Waals surface area contributed by atoms with Crippen molar-refractivity contribution in [3.63, 3.8) is 0 Å². The maximum Gasteiger partial charge on any atom is 0.338 e. The summed E-state index contributed by atoms with van der Waals surface area (Å²) in [5, 5.41) is 17.1. The molecule has 0 fully saturated rings. The van der Waals surface area contributed by atoms with Gasteiger partial charge in [0.25, 0.3) is 0 Å². The van der Waals surface area contributed by atoms with Crippen LogP contribution in [0.5, 0.6) is 0 Å². The first-order valence-corrected chi connectivity index (χ1v) is 26.9. The zero-order valence-corrected chi connectivity index (χ0v) is 45.2. The highest BCUT2D eigenvalue weighted by atomic mass is 16.5. The molecule has 0 spiro atoms. The van der Waals surface area contributed by atoms with Gasteiger partial charge in [0.2, 0.25) is 0 Å². The number of carbonyl (C=O) groups is 6. The normalized spacial score (nSPS) is 10.8. The molecular weight excluding hydrogens is 913 g/mol. The molecule has 12 heteroatoms. The second-order valence-corrected chi connectivity index (χ2v) is 20.2. The monoisotopic (exact) mass is 1000 g/mol. The van der Waals surface area contributed by atoms with E-state index in [0.29, 0.717) is 48.7 Å². The van der Waals surface area contributed by atoms with Gasteiger partial charge in [-0.1, -0.05) is 170 Å². The zero-order chi connectivity index (χ0) is 53.5. The van der Waals surface area contributed by atoms with Gasteiger partial charge < -0.3 is 29.2 Å². The van der Waals surface area contributed by atoms with Gasteiger partial charge >= 0.3 is 35.8 Å². The van der Waals surface area contributed by atoms with E-state index in [9.17, 15) is 28.8 Å². The minimum absolute atomic E-state index is 0.190. The quantitative estimate of drug-likeness (QED) is 0.0329. The lowest BCUT2D eigenvalue weighted by Gasteiger charge is -2.08. The smallest absolute Gasteiger partial charge is 0.338 e. The van der Waals surface area contributed by atoms with E-state index >= 15 is 0 Å². The topological polar surface area (TPSA) is 180 Å².